The highest BCUT2D eigenvalue weighted by Crippen LogP contribution is 2.23. The molecule has 8 nitrogen and oxygen atoms in total. The number of aliphatic imine (C=N–C) groups is 1. The van der Waals surface area contributed by atoms with Crippen molar-refractivity contribution in [3.63, 3.8) is 0 Å². The van der Waals surface area contributed by atoms with Crippen molar-refractivity contribution in [2.24, 2.45) is 16.6 Å². The number of amides is 1. The second-order valence-electron chi connectivity index (χ2n) is 7.61. The number of aryl methyl sites for hydroxylation is 3. The lowest BCUT2D eigenvalue weighted by Gasteiger charge is -2.32. The number of primary amides is 1. The highest BCUT2D eigenvalue weighted by molar-refractivity contribution is 7.80. The Morgan fingerprint density at radius 2 is 1.81 bits per heavy atom. The van der Waals surface area contributed by atoms with Crippen molar-refractivity contribution in [1.82, 2.24) is 14.9 Å². The maximum atomic E-state index is 11.5. The molecule has 0 unspecified atom stereocenters. The lowest BCUT2D eigenvalue weighted by Crippen LogP contribution is -2.45. The number of benzene rings is 1. The number of nitrogens with one attached hydrogen (secondary N) is 2. The Labute approximate surface area is 192 Å². The standard InChI is InChI=1S/C21H26ClN7OS/c1-12-4-5-17(16(22)10-12)26-21(31)28-20(27-19-24-13(2)11-14(3)25-19)29-8-6-15(7-9-29)18(23)30/h4-5,10-11,15H,6-9H2,1-3H3,(H2,23,30)(H2,24,25,26,27,28,31). The summed E-state index contributed by atoms with van der Waals surface area (Å²) in [5.74, 6) is 0.541. The summed E-state index contributed by atoms with van der Waals surface area (Å²) in [6, 6.07) is 7.55. The summed E-state index contributed by atoms with van der Waals surface area (Å²) in [5.41, 5.74) is 8.88. The third-order valence-electron chi connectivity index (χ3n) is 4.98. The predicted octanol–water partition coefficient (Wildman–Crippen LogP) is 3.42. The fourth-order valence-corrected chi connectivity index (χ4v) is 3.87. The second-order valence-corrected chi connectivity index (χ2v) is 8.41. The van der Waals surface area contributed by atoms with Crippen molar-refractivity contribution in [2.45, 2.75) is 33.6 Å². The van der Waals surface area contributed by atoms with E-state index in [1.165, 1.54) is 0 Å². The third-order valence-corrected chi connectivity index (χ3v) is 5.48. The molecule has 1 aliphatic heterocycles. The molecule has 0 aliphatic carbocycles. The van der Waals surface area contributed by atoms with Crippen LogP contribution in [0.3, 0.4) is 0 Å². The molecule has 0 saturated carbocycles. The number of piperidine rings is 1. The Morgan fingerprint density at radius 1 is 1.16 bits per heavy atom. The molecule has 31 heavy (non-hydrogen) atoms. The topological polar surface area (TPSA) is 109 Å². The van der Waals surface area contributed by atoms with Crippen molar-refractivity contribution >= 4 is 52.4 Å². The van der Waals surface area contributed by atoms with Gasteiger partial charge < -0.3 is 16.0 Å². The van der Waals surface area contributed by atoms with Gasteiger partial charge in [0.25, 0.3) is 0 Å². The maximum absolute atomic E-state index is 11.5. The quantitative estimate of drug-likeness (QED) is 0.366. The number of anilines is 2. The number of nitrogens with zero attached hydrogens (tertiary/aromatic N) is 4. The van der Waals surface area contributed by atoms with E-state index in [9.17, 15) is 4.79 Å². The van der Waals surface area contributed by atoms with Crippen molar-refractivity contribution < 1.29 is 4.79 Å². The van der Waals surface area contributed by atoms with Gasteiger partial charge in [0.15, 0.2) is 0 Å². The minimum atomic E-state index is -0.269. The Balaban J connectivity index is 1.83. The average molecular weight is 460 g/mol. The van der Waals surface area contributed by atoms with Crippen LogP contribution in [0.1, 0.15) is 29.8 Å². The molecular formula is C21H26ClN7OS. The van der Waals surface area contributed by atoms with Crippen LogP contribution in [0, 0.1) is 26.7 Å². The number of rotatable bonds is 3. The average Bonchev–Trinajstić information content (AvgIpc) is 2.69. The van der Waals surface area contributed by atoms with Crippen LogP contribution in [0.4, 0.5) is 11.6 Å². The minimum absolute atomic E-state index is 0.133. The summed E-state index contributed by atoms with van der Waals surface area (Å²) < 4.78 is 0. The van der Waals surface area contributed by atoms with Gasteiger partial charge in [-0.15, -0.1) is 0 Å². The number of hydrogen-bond donors (Lipinski definition) is 3. The Kier molecular flexibility index (Phi) is 7.40. The lowest BCUT2D eigenvalue weighted by molar-refractivity contribution is -0.122. The van der Waals surface area contributed by atoms with Gasteiger partial charge in [-0.1, -0.05) is 17.7 Å². The molecule has 1 aromatic heterocycles. The van der Waals surface area contributed by atoms with Gasteiger partial charge in [-0.25, -0.2) is 9.97 Å². The van der Waals surface area contributed by atoms with Crippen LogP contribution in [-0.2, 0) is 4.79 Å². The number of aromatic nitrogens is 2. The molecule has 1 aliphatic rings. The molecule has 1 fully saturated rings. The molecular weight excluding hydrogens is 434 g/mol. The normalized spacial score (nSPS) is 15.0. The molecule has 4 N–H and O–H groups in total. The largest absolute Gasteiger partial charge is 0.369 e. The molecule has 3 rings (SSSR count). The summed E-state index contributed by atoms with van der Waals surface area (Å²) in [7, 11) is 0. The molecule has 0 bridgehead atoms. The van der Waals surface area contributed by atoms with Crippen LogP contribution < -0.4 is 16.4 Å². The van der Waals surface area contributed by atoms with E-state index in [2.05, 4.69) is 25.6 Å². The van der Waals surface area contributed by atoms with E-state index in [-0.39, 0.29) is 16.9 Å². The van der Waals surface area contributed by atoms with E-state index in [0.717, 1.165) is 17.0 Å². The molecule has 1 amide bonds. The number of halogens is 1. The van der Waals surface area contributed by atoms with E-state index in [0.29, 0.717) is 48.5 Å². The third kappa shape index (κ3) is 6.35. The van der Waals surface area contributed by atoms with Crippen LogP contribution in [0.15, 0.2) is 29.3 Å². The lowest BCUT2D eigenvalue weighted by atomic mass is 9.96. The Hall–Kier alpha value is -2.78. The molecule has 10 heteroatoms. The fourth-order valence-electron chi connectivity index (χ4n) is 3.40. The molecule has 1 aromatic carbocycles. The maximum Gasteiger partial charge on any atom is 0.229 e. The van der Waals surface area contributed by atoms with E-state index >= 15 is 0 Å². The Morgan fingerprint density at radius 3 is 2.39 bits per heavy atom. The molecule has 1 saturated heterocycles. The Bertz CT molecular complexity index is 999. The van der Waals surface area contributed by atoms with E-state index in [1.807, 2.05) is 49.9 Å². The van der Waals surface area contributed by atoms with Crippen LogP contribution >= 0.6 is 23.8 Å². The van der Waals surface area contributed by atoms with Gasteiger partial charge in [0, 0.05) is 30.4 Å². The minimum Gasteiger partial charge on any atom is -0.369 e. The zero-order chi connectivity index (χ0) is 22.5. The SMILES string of the molecule is Cc1ccc(NC(=S)/N=C(/Nc2nc(C)cc(C)n2)N2CCC(C(N)=O)CC2)c(Cl)c1. The smallest absolute Gasteiger partial charge is 0.229 e. The first-order chi connectivity index (χ1) is 14.7. The molecule has 2 heterocycles. The number of hydrogen-bond acceptors (Lipinski definition) is 4. The zero-order valence-corrected chi connectivity index (χ0v) is 19.3. The highest BCUT2D eigenvalue weighted by atomic mass is 35.5. The number of guanidine groups is 1. The molecule has 164 valence electrons. The molecule has 0 spiro atoms. The van der Waals surface area contributed by atoms with Crippen molar-refractivity contribution in [3.05, 3.63) is 46.2 Å². The zero-order valence-electron chi connectivity index (χ0n) is 17.8. The first-order valence-corrected chi connectivity index (χ1v) is 10.8. The van der Waals surface area contributed by atoms with Gasteiger partial charge in [-0.3, -0.25) is 10.1 Å². The summed E-state index contributed by atoms with van der Waals surface area (Å²) in [5, 5.41) is 7.07. The number of likely N-dealkylation sites (tertiary alicyclic amines) is 1. The summed E-state index contributed by atoms with van der Waals surface area (Å²) in [6.45, 7) is 6.99. The molecule has 2 aromatic rings. The monoisotopic (exact) mass is 459 g/mol. The first-order valence-electron chi connectivity index (χ1n) is 10.0. The fraction of sp³-hybridized carbons (Fsp3) is 0.381. The van der Waals surface area contributed by atoms with E-state index < -0.39 is 0 Å². The number of thiocarbonyl (C=S) groups is 1. The molecule has 0 radical (unpaired) electrons. The number of carbonyl (C=O) groups excluding carboxylic acids is 1. The van der Waals surface area contributed by atoms with Gasteiger partial charge >= 0.3 is 0 Å². The number of nitrogens with two attached hydrogens (primary N) is 1. The highest BCUT2D eigenvalue weighted by Gasteiger charge is 2.26. The van der Waals surface area contributed by atoms with Crippen molar-refractivity contribution in [3.8, 4) is 0 Å². The van der Waals surface area contributed by atoms with Crippen molar-refractivity contribution in [2.75, 3.05) is 23.7 Å². The van der Waals surface area contributed by atoms with Crippen LogP contribution in [0.2, 0.25) is 5.02 Å². The van der Waals surface area contributed by atoms with E-state index in [4.69, 9.17) is 29.6 Å². The summed E-state index contributed by atoms with van der Waals surface area (Å²) in [4.78, 5) is 27.0. The van der Waals surface area contributed by atoms with Gasteiger partial charge in [0.2, 0.25) is 22.9 Å². The second kappa shape index (κ2) is 10.0. The van der Waals surface area contributed by atoms with Gasteiger partial charge in [0.05, 0.1) is 10.7 Å². The summed E-state index contributed by atoms with van der Waals surface area (Å²) >= 11 is 11.8. The first kappa shape index (κ1) is 22.9. The van der Waals surface area contributed by atoms with E-state index in [1.54, 1.807) is 0 Å². The van der Waals surface area contributed by atoms with Crippen LogP contribution in [-0.4, -0.2) is 44.9 Å². The predicted molar refractivity (Wildman–Crippen MR) is 128 cm³/mol. The number of carbonyl (C=O) groups is 1. The van der Waals surface area contributed by atoms with Gasteiger partial charge in [-0.05, 0) is 69.6 Å². The van der Waals surface area contributed by atoms with Crippen LogP contribution in [0.5, 0.6) is 0 Å². The van der Waals surface area contributed by atoms with Gasteiger partial charge in [-0.2, -0.15) is 4.99 Å². The van der Waals surface area contributed by atoms with Crippen molar-refractivity contribution in [1.29, 1.82) is 0 Å². The molecule has 0 atom stereocenters. The van der Waals surface area contributed by atoms with Gasteiger partial charge in [0.1, 0.15) is 0 Å². The van der Waals surface area contributed by atoms with Crippen LogP contribution in [0.25, 0.3) is 0 Å². The summed E-state index contributed by atoms with van der Waals surface area (Å²) in [6.07, 6.45) is 1.29.